The number of hydrogen-bond donors (Lipinski definition) is 0. The molecule has 0 radical (unpaired) electrons. The minimum Gasteiger partial charge on any atom is -0.205 e. The molecule has 3 aromatic carbocycles. The Morgan fingerprint density at radius 2 is 1.63 bits per heavy atom. The Bertz CT molecular complexity index is 1170. The van der Waals surface area contributed by atoms with Crippen LogP contribution in [-0.2, 0) is 0 Å². The highest BCUT2D eigenvalue weighted by Crippen LogP contribution is 2.32. The van der Waals surface area contributed by atoms with Gasteiger partial charge in [-0.3, -0.25) is 0 Å². The molecule has 1 aliphatic carbocycles. The van der Waals surface area contributed by atoms with Crippen LogP contribution in [-0.4, -0.2) is 6.18 Å². The summed E-state index contributed by atoms with van der Waals surface area (Å²) >= 11 is 0. The summed E-state index contributed by atoms with van der Waals surface area (Å²) in [6.07, 6.45) is 2.99. The molecule has 0 saturated heterocycles. The number of hydrogen-bond acceptors (Lipinski definition) is 0. The average Bonchev–Trinajstić information content (AvgIpc) is 2.73. The molecule has 0 aromatic heterocycles. The zero-order chi connectivity index (χ0) is 21.3. The predicted molar refractivity (Wildman–Crippen MR) is 108 cm³/mol. The van der Waals surface area contributed by atoms with Crippen LogP contribution in [0.25, 0.3) is 21.9 Å². The molecule has 0 saturated carbocycles. The lowest BCUT2D eigenvalue weighted by Gasteiger charge is -2.17. The Morgan fingerprint density at radius 3 is 2.30 bits per heavy atom. The Hall–Kier alpha value is -3.13. The molecule has 4 rings (SSSR count). The summed E-state index contributed by atoms with van der Waals surface area (Å²) in [4.78, 5) is 0. The quantitative estimate of drug-likeness (QED) is 0.232. The second-order valence-electron chi connectivity index (χ2n) is 7.32. The van der Waals surface area contributed by atoms with Crippen LogP contribution in [0.5, 0.6) is 0 Å². The van der Waals surface area contributed by atoms with E-state index in [0.717, 1.165) is 36.0 Å². The van der Waals surface area contributed by atoms with Gasteiger partial charge in [0.1, 0.15) is 11.6 Å². The van der Waals surface area contributed by atoms with Crippen molar-refractivity contribution in [3.05, 3.63) is 83.4 Å². The van der Waals surface area contributed by atoms with Gasteiger partial charge in [0.2, 0.25) is 0 Å². The third-order valence-electron chi connectivity index (χ3n) is 5.28. The van der Waals surface area contributed by atoms with Crippen LogP contribution in [0.1, 0.15) is 36.3 Å². The molecule has 152 valence electrons. The van der Waals surface area contributed by atoms with Crippen LogP contribution in [0.4, 0.5) is 22.0 Å². The van der Waals surface area contributed by atoms with Gasteiger partial charge in [0.15, 0.2) is 0 Å². The molecule has 3 aromatic rings. The van der Waals surface area contributed by atoms with Gasteiger partial charge in [-0.1, -0.05) is 54.5 Å². The fourth-order valence-corrected chi connectivity index (χ4v) is 3.77. The first-order chi connectivity index (χ1) is 14.3. The number of allylic oxidation sites excluding steroid dienone is 2. The molecular formula is C25H17F5. The first-order valence-corrected chi connectivity index (χ1v) is 9.60. The smallest absolute Gasteiger partial charge is 0.205 e. The maximum atomic E-state index is 14.6. The highest BCUT2D eigenvalue weighted by atomic mass is 19.4. The Morgan fingerprint density at radius 1 is 0.900 bits per heavy atom. The molecule has 0 spiro atoms. The number of rotatable bonds is 2. The summed E-state index contributed by atoms with van der Waals surface area (Å²) in [6, 6.07) is 13.8. The predicted octanol–water partition coefficient (Wildman–Crippen LogP) is 7.52. The van der Waals surface area contributed by atoms with Gasteiger partial charge in [-0.15, -0.1) is 0 Å². The van der Waals surface area contributed by atoms with E-state index in [1.807, 2.05) is 12.1 Å². The van der Waals surface area contributed by atoms with Crippen LogP contribution in [0.3, 0.4) is 0 Å². The third-order valence-corrected chi connectivity index (χ3v) is 5.28. The minimum atomic E-state index is -4.82. The topological polar surface area (TPSA) is 0 Å². The average molecular weight is 412 g/mol. The molecule has 0 amide bonds. The second-order valence-corrected chi connectivity index (χ2v) is 7.32. The fourth-order valence-electron chi connectivity index (χ4n) is 3.77. The first-order valence-electron chi connectivity index (χ1n) is 9.60. The van der Waals surface area contributed by atoms with Gasteiger partial charge in [-0.05, 0) is 53.5 Å². The summed E-state index contributed by atoms with van der Waals surface area (Å²) in [7, 11) is 0. The standard InChI is InChI=1S/C25H17F5/c26-23-15-20-14-19(10-11-21(20)24(27)22(23)12-13-25(28,29)30)18-8-6-17(7-9-18)16-4-2-1-3-5-16/h2,4,6-11,14-16H,1,3,5H2. The third kappa shape index (κ3) is 4.23. The summed E-state index contributed by atoms with van der Waals surface area (Å²) < 4.78 is 65.7. The lowest BCUT2D eigenvalue weighted by atomic mass is 9.88. The van der Waals surface area contributed by atoms with Crippen molar-refractivity contribution in [2.75, 3.05) is 0 Å². The van der Waals surface area contributed by atoms with E-state index >= 15 is 0 Å². The molecule has 30 heavy (non-hydrogen) atoms. The Kier molecular flexibility index (Phi) is 5.34. The van der Waals surface area contributed by atoms with Crippen molar-refractivity contribution in [1.82, 2.24) is 0 Å². The van der Waals surface area contributed by atoms with Crippen molar-refractivity contribution in [1.29, 1.82) is 0 Å². The van der Waals surface area contributed by atoms with E-state index in [4.69, 9.17) is 0 Å². The van der Waals surface area contributed by atoms with Crippen LogP contribution in [0.2, 0.25) is 0 Å². The van der Waals surface area contributed by atoms with Crippen molar-refractivity contribution in [3.8, 4) is 23.0 Å². The Labute approximate surface area is 171 Å². The maximum Gasteiger partial charge on any atom is 0.458 e. The number of alkyl halides is 3. The molecule has 1 atom stereocenters. The SMILES string of the molecule is Fc1cc2cc(-c3ccc(C4C=CCCC4)cc3)ccc2c(F)c1C#CC(F)(F)F. The molecule has 1 unspecified atom stereocenters. The van der Waals surface area contributed by atoms with E-state index in [9.17, 15) is 22.0 Å². The first kappa shape index (κ1) is 20.2. The van der Waals surface area contributed by atoms with Crippen molar-refractivity contribution < 1.29 is 22.0 Å². The Balaban J connectivity index is 1.69. The number of fused-ring (bicyclic) bond motifs is 1. The molecule has 0 bridgehead atoms. The monoisotopic (exact) mass is 412 g/mol. The minimum absolute atomic E-state index is 0.0237. The molecule has 0 heterocycles. The largest absolute Gasteiger partial charge is 0.458 e. The number of benzene rings is 3. The van der Waals surface area contributed by atoms with Crippen LogP contribution < -0.4 is 0 Å². The molecule has 0 N–H and O–H groups in total. The van der Waals surface area contributed by atoms with Gasteiger partial charge in [-0.25, -0.2) is 8.78 Å². The maximum absolute atomic E-state index is 14.6. The van der Waals surface area contributed by atoms with E-state index in [1.165, 1.54) is 18.1 Å². The van der Waals surface area contributed by atoms with Crippen molar-refractivity contribution in [2.24, 2.45) is 0 Å². The van der Waals surface area contributed by atoms with E-state index in [1.54, 1.807) is 18.1 Å². The second kappa shape index (κ2) is 7.95. The van der Waals surface area contributed by atoms with E-state index in [2.05, 4.69) is 24.3 Å². The van der Waals surface area contributed by atoms with E-state index < -0.39 is 23.4 Å². The molecule has 1 aliphatic rings. The summed E-state index contributed by atoms with van der Waals surface area (Å²) in [5.41, 5.74) is 2.00. The molecular weight excluding hydrogens is 395 g/mol. The van der Waals surface area contributed by atoms with Gasteiger partial charge >= 0.3 is 6.18 Å². The fraction of sp³-hybridized carbons (Fsp3) is 0.200. The van der Waals surface area contributed by atoms with Crippen molar-refractivity contribution in [3.63, 3.8) is 0 Å². The van der Waals surface area contributed by atoms with Gasteiger partial charge in [0.25, 0.3) is 0 Å². The zero-order valence-electron chi connectivity index (χ0n) is 15.9. The summed E-state index contributed by atoms with van der Waals surface area (Å²) in [5.74, 6) is 0.685. The van der Waals surface area contributed by atoms with Crippen LogP contribution in [0, 0.1) is 23.5 Å². The normalized spacial score (nSPS) is 16.4. The summed E-state index contributed by atoms with van der Waals surface area (Å²) in [6.45, 7) is 0. The molecule has 0 nitrogen and oxygen atoms in total. The van der Waals surface area contributed by atoms with Gasteiger partial charge < -0.3 is 0 Å². The molecule has 0 fully saturated rings. The zero-order valence-corrected chi connectivity index (χ0v) is 15.9. The molecule has 0 aliphatic heterocycles. The van der Waals surface area contributed by atoms with Crippen molar-refractivity contribution in [2.45, 2.75) is 31.4 Å². The number of halogens is 5. The lowest BCUT2D eigenvalue weighted by molar-refractivity contribution is -0.0696. The highest BCUT2D eigenvalue weighted by Gasteiger charge is 2.24. The highest BCUT2D eigenvalue weighted by molar-refractivity contribution is 5.89. The van der Waals surface area contributed by atoms with Crippen molar-refractivity contribution >= 4 is 10.8 Å². The summed E-state index contributed by atoms with van der Waals surface area (Å²) in [5, 5.41) is 0.287. The van der Waals surface area contributed by atoms with Gasteiger partial charge in [-0.2, -0.15) is 13.2 Å². The molecule has 5 heteroatoms. The van der Waals surface area contributed by atoms with Gasteiger partial charge in [0.05, 0.1) is 5.56 Å². The van der Waals surface area contributed by atoms with E-state index in [0.29, 0.717) is 5.92 Å². The lowest BCUT2D eigenvalue weighted by Crippen LogP contribution is -2.02. The van der Waals surface area contributed by atoms with Gasteiger partial charge in [0, 0.05) is 17.2 Å². The van der Waals surface area contributed by atoms with Crippen LogP contribution in [0.15, 0.2) is 60.7 Å². The van der Waals surface area contributed by atoms with E-state index in [-0.39, 0.29) is 10.8 Å². The van der Waals surface area contributed by atoms with Crippen LogP contribution >= 0.6 is 0 Å².